The lowest BCUT2D eigenvalue weighted by Crippen LogP contribution is -2.29. The predicted molar refractivity (Wildman–Crippen MR) is 86.6 cm³/mol. The number of aromatic nitrogens is 1. The molecule has 0 radical (unpaired) electrons. The maximum atomic E-state index is 12.0. The summed E-state index contributed by atoms with van der Waals surface area (Å²) in [6.07, 6.45) is 0. The third-order valence-corrected chi connectivity index (χ3v) is 4.07. The number of nitrogens with one attached hydrogen (secondary N) is 2. The zero-order valence-electron chi connectivity index (χ0n) is 11.8. The monoisotopic (exact) mass is 297 g/mol. The molecule has 1 amide bonds. The van der Waals surface area contributed by atoms with Crippen molar-refractivity contribution in [1.82, 2.24) is 10.4 Å². The fourth-order valence-corrected chi connectivity index (χ4v) is 3.19. The third-order valence-electron chi connectivity index (χ3n) is 3.15. The summed E-state index contributed by atoms with van der Waals surface area (Å²) in [5.74, 6) is -0.178. The summed E-state index contributed by atoms with van der Waals surface area (Å²) < 4.78 is 1.11. The van der Waals surface area contributed by atoms with Crippen molar-refractivity contribution >= 4 is 32.6 Å². The minimum Gasteiger partial charge on any atom is -0.273 e. The van der Waals surface area contributed by atoms with E-state index in [1.54, 1.807) is 12.1 Å². The number of aryl methyl sites for hydroxylation is 2. The molecule has 0 aliphatic heterocycles. The van der Waals surface area contributed by atoms with E-state index in [2.05, 4.69) is 34.9 Å². The Bertz CT molecular complexity index is 796. The van der Waals surface area contributed by atoms with Crippen molar-refractivity contribution in [2.45, 2.75) is 13.8 Å². The van der Waals surface area contributed by atoms with Crippen LogP contribution in [0.25, 0.3) is 10.2 Å². The van der Waals surface area contributed by atoms with E-state index in [1.807, 2.05) is 25.1 Å². The molecule has 0 bridgehead atoms. The van der Waals surface area contributed by atoms with Crippen molar-refractivity contribution in [1.29, 1.82) is 0 Å². The van der Waals surface area contributed by atoms with E-state index >= 15 is 0 Å². The number of benzene rings is 2. The molecule has 3 aromatic rings. The van der Waals surface area contributed by atoms with Crippen LogP contribution in [0.2, 0.25) is 0 Å². The smallest absolute Gasteiger partial charge is 0.269 e. The Morgan fingerprint density at radius 3 is 2.67 bits per heavy atom. The van der Waals surface area contributed by atoms with Gasteiger partial charge in [0.2, 0.25) is 5.13 Å². The number of nitrogens with zero attached hydrogens (tertiary/aromatic N) is 1. The molecule has 21 heavy (non-hydrogen) atoms. The number of carbonyl (C=O) groups is 1. The van der Waals surface area contributed by atoms with Crippen LogP contribution < -0.4 is 10.9 Å². The summed E-state index contributed by atoms with van der Waals surface area (Å²) in [7, 11) is 0. The van der Waals surface area contributed by atoms with Crippen LogP contribution in [-0.4, -0.2) is 10.9 Å². The molecule has 0 saturated carbocycles. The quantitative estimate of drug-likeness (QED) is 0.725. The van der Waals surface area contributed by atoms with Gasteiger partial charge in [0.1, 0.15) is 0 Å². The second-order valence-corrected chi connectivity index (χ2v) is 5.92. The lowest BCUT2D eigenvalue weighted by atomic mass is 10.1. The van der Waals surface area contributed by atoms with E-state index in [-0.39, 0.29) is 5.91 Å². The summed E-state index contributed by atoms with van der Waals surface area (Å²) in [5, 5.41) is 0.683. The molecular formula is C16H15N3OS. The highest BCUT2D eigenvalue weighted by atomic mass is 32.1. The Hall–Kier alpha value is -2.40. The summed E-state index contributed by atoms with van der Waals surface area (Å²) >= 11 is 1.53. The molecule has 3 rings (SSSR count). The van der Waals surface area contributed by atoms with Gasteiger partial charge in [0.15, 0.2) is 0 Å². The Morgan fingerprint density at radius 2 is 1.90 bits per heavy atom. The Kier molecular flexibility index (Phi) is 3.58. The molecule has 0 fully saturated rings. The standard InChI is InChI=1S/C16H15N3OS/c1-10-8-11(2)14-13(9-10)21-16(17-14)19-18-15(20)12-6-4-3-5-7-12/h3-9H,1-2H3,(H,17,19)(H,18,20). The molecule has 1 aromatic heterocycles. The SMILES string of the molecule is Cc1cc(C)c2nc(NNC(=O)c3ccccc3)sc2c1. The maximum absolute atomic E-state index is 12.0. The Morgan fingerprint density at radius 1 is 1.14 bits per heavy atom. The van der Waals surface area contributed by atoms with Gasteiger partial charge < -0.3 is 0 Å². The van der Waals surface area contributed by atoms with Crippen LogP contribution in [-0.2, 0) is 0 Å². The van der Waals surface area contributed by atoms with Crippen LogP contribution >= 0.6 is 11.3 Å². The van der Waals surface area contributed by atoms with E-state index in [0.717, 1.165) is 15.8 Å². The van der Waals surface area contributed by atoms with E-state index in [0.29, 0.717) is 10.7 Å². The average molecular weight is 297 g/mol. The minimum atomic E-state index is -0.178. The second-order valence-electron chi connectivity index (χ2n) is 4.89. The van der Waals surface area contributed by atoms with Gasteiger partial charge in [0.05, 0.1) is 10.2 Å². The van der Waals surface area contributed by atoms with Crippen LogP contribution in [0.1, 0.15) is 21.5 Å². The molecule has 4 nitrogen and oxygen atoms in total. The number of hydrogen-bond acceptors (Lipinski definition) is 4. The molecule has 1 heterocycles. The zero-order chi connectivity index (χ0) is 14.8. The van der Waals surface area contributed by atoms with Gasteiger partial charge in [-0.2, -0.15) is 0 Å². The topological polar surface area (TPSA) is 54.0 Å². The van der Waals surface area contributed by atoms with Crippen molar-refractivity contribution < 1.29 is 4.79 Å². The van der Waals surface area contributed by atoms with E-state index in [4.69, 9.17) is 0 Å². The van der Waals surface area contributed by atoms with Crippen LogP contribution in [0.15, 0.2) is 42.5 Å². The average Bonchev–Trinajstić information content (AvgIpc) is 2.89. The fourth-order valence-electron chi connectivity index (χ4n) is 2.20. The van der Waals surface area contributed by atoms with Gasteiger partial charge in [-0.1, -0.05) is 35.6 Å². The van der Waals surface area contributed by atoms with Crippen molar-refractivity contribution in [2.24, 2.45) is 0 Å². The second kappa shape index (κ2) is 5.54. The molecule has 2 N–H and O–H groups in total. The molecule has 2 aromatic carbocycles. The minimum absolute atomic E-state index is 0.178. The lowest BCUT2D eigenvalue weighted by Gasteiger charge is -2.04. The van der Waals surface area contributed by atoms with Crippen LogP contribution in [0.4, 0.5) is 5.13 Å². The molecule has 0 aliphatic rings. The first kappa shape index (κ1) is 13.6. The molecule has 0 aliphatic carbocycles. The number of anilines is 1. The molecule has 0 unspecified atom stereocenters. The number of rotatable bonds is 3. The molecule has 106 valence electrons. The van der Waals surface area contributed by atoms with Crippen molar-refractivity contribution in [3.05, 3.63) is 59.2 Å². The van der Waals surface area contributed by atoms with Crippen LogP contribution in [0.5, 0.6) is 0 Å². The molecule has 5 heteroatoms. The number of fused-ring (bicyclic) bond motifs is 1. The lowest BCUT2D eigenvalue weighted by molar-refractivity contribution is 0.0962. The summed E-state index contributed by atoms with van der Waals surface area (Å²) in [6.45, 7) is 4.11. The van der Waals surface area contributed by atoms with Gasteiger partial charge in [-0.3, -0.25) is 15.6 Å². The van der Waals surface area contributed by atoms with Gasteiger partial charge in [0.25, 0.3) is 5.91 Å². The van der Waals surface area contributed by atoms with Crippen molar-refractivity contribution in [3.8, 4) is 0 Å². The first-order valence-electron chi connectivity index (χ1n) is 6.62. The molecule has 0 saturated heterocycles. The van der Waals surface area contributed by atoms with Gasteiger partial charge in [-0.05, 0) is 43.2 Å². The number of hydrogen-bond donors (Lipinski definition) is 2. The van der Waals surface area contributed by atoms with Crippen molar-refractivity contribution in [2.75, 3.05) is 5.43 Å². The highest BCUT2D eigenvalue weighted by molar-refractivity contribution is 7.22. The highest BCUT2D eigenvalue weighted by Crippen LogP contribution is 2.28. The first-order valence-corrected chi connectivity index (χ1v) is 7.44. The van der Waals surface area contributed by atoms with Crippen LogP contribution in [0.3, 0.4) is 0 Å². The first-order chi connectivity index (χ1) is 10.1. The normalized spacial score (nSPS) is 10.6. The van der Waals surface area contributed by atoms with Gasteiger partial charge >= 0.3 is 0 Å². The number of carbonyl (C=O) groups excluding carboxylic acids is 1. The van der Waals surface area contributed by atoms with E-state index in [1.165, 1.54) is 16.9 Å². The third kappa shape index (κ3) is 2.87. The molecule has 0 atom stereocenters. The Balaban J connectivity index is 1.77. The van der Waals surface area contributed by atoms with Gasteiger partial charge in [-0.15, -0.1) is 0 Å². The fraction of sp³-hybridized carbons (Fsp3) is 0.125. The molecular weight excluding hydrogens is 282 g/mol. The van der Waals surface area contributed by atoms with E-state index in [9.17, 15) is 4.79 Å². The summed E-state index contributed by atoms with van der Waals surface area (Å²) in [4.78, 5) is 16.5. The van der Waals surface area contributed by atoms with Crippen molar-refractivity contribution in [3.63, 3.8) is 0 Å². The maximum Gasteiger partial charge on any atom is 0.269 e. The van der Waals surface area contributed by atoms with E-state index < -0.39 is 0 Å². The Labute approximate surface area is 126 Å². The zero-order valence-corrected chi connectivity index (χ0v) is 12.6. The summed E-state index contributed by atoms with van der Waals surface area (Å²) in [6, 6.07) is 13.3. The molecule has 0 spiro atoms. The van der Waals surface area contributed by atoms with Crippen LogP contribution in [0, 0.1) is 13.8 Å². The predicted octanol–water partition coefficient (Wildman–Crippen LogP) is 3.67. The number of hydrazine groups is 1. The number of amides is 1. The van der Waals surface area contributed by atoms with Gasteiger partial charge in [-0.25, -0.2) is 4.98 Å². The van der Waals surface area contributed by atoms with Gasteiger partial charge in [0, 0.05) is 5.56 Å². The highest BCUT2D eigenvalue weighted by Gasteiger charge is 2.08. The largest absolute Gasteiger partial charge is 0.273 e. The summed E-state index contributed by atoms with van der Waals surface area (Å²) in [5.41, 5.74) is 9.49. The number of thiazole rings is 1.